The highest BCUT2D eigenvalue weighted by atomic mass is 32.2. The van der Waals surface area contributed by atoms with Gasteiger partial charge in [0.15, 0.2) is 0 Å². The lowest BCUT2D eigenvalue weighted by Crippen LogP contribution is -2.40. The van der Waals surface area contributed by atoms with Crippen LogP contribution in [0.4, 0.5) is 0 Å². The first-order valence-electron chi connectivity index (χ1n) is 10.7. The highest BCUT2D eigenvalue weighted by molar-refractivity contribution is 7.99. The Kier molecular flexibility index (Phi) is 6.55. The SMILES string of the molecule is CC(C)n1cnnc1C1CCCN(C(=O)c2ccccc2SCC2CCCO2)C1. The normalized spacial score (nSPS) is 22.4. The van der Waals surface area contributed by atoms with Gasteiger partial charge in [-0.3, -0.25) is 4.79 Å². The number of piperidine rings is 1. The summed E-state index contributed by atoms with van der Waals surface area (Å²) in [5.41, 5.74) is 0.807. The molecule has 2 aliphatic rings. The number of carbonyl (C=O) groups excluding carboxylic acids is 1. The van der Waals surface area contributed by atoms with Crippen LogP contribution in [0.2, 0.25) is 0 Å². The summed E-state index contributed by atoms with van der Waals surface area (Å²) in [4.78, 5) is 16.4. The fourth-order valence-corrected chi connectivity index (χ4v) is 5.33. The standard InChI is InChI=1S/C22H30N4O2S/c1-16(2)26-15-23-24-21(26)17-7-5-11-25(13-17)22(27)19-9-3-4-10-20(19)29-14-18-8-6-12-28-18/h3-4,9-10,15-18H,5-8,11-14H2,1-2H3. The molecule has 2 saturated heterocycles. The van der Waals surface area contributed by atoms with Crippen LogP contribution in [0.3, 0.4) is 0 Å². The molecule has 7 heteroatoms. The minimum Gasteiger partial charge on any atom is -0.377 e. The van der Waals surface area contributed by atoms with Crippen molar-refractivity contribution >= 4 is 17.7 Å². The summed E-state index contributed by atoms with van der Waals surface area (Å²) in [5.74, 6) is 2.27. The highest BCUT2D eigenvalue weighted by Crippen LogP contribution is 2.31. The van der Waals surface area contributed by atoms with E-state index in [4.69, 9.17) is 4.74 Å². The summed E-state index contributed by atoms with van der Waals surface area (Å²) < 4.78 is 7.87. The molecule has 1 amide bonds. The van der Waals surface area contributed by atoms with Crippen LogP contribution < -0.4 is 0 Å². The van der Waals surface area contributed by atoms with Crippen molar-refractivity contribution in [1.29, 1.82) is 0 Å². The Labute approximate surface area is 177 Å². The zero-order valence-electron chi connectivity index (χ0n) is 17.3. The third-order valence-electron chi connectivity index (χ3n) is 5.80. The molecule has 2 aliphatic heterocycles. The Morgan fingerprint density at radius 2 is 2.14 bits per heavy atom. The smallest absolute Gasteiger partial charge is 0.255 e. The molecule has 2 fully saturated rings. The molecule has 0 spiro atoms. The Morgan fingerprint density at radius 3 is 2.93 bits per heavy atom. The first-order chi connectivity index (χ1) is 14.1. The van der Waals surface area contributed by atoms with Crippen molar-refractivity contribution in [2.24, 2.45) is 0 Å². The van der Waals surface area contributed by atoms with E-state index in [9.17, 15) is 4.79 Å². The lowest BCUT2D eigenvalue weighted by atomic mass is 9.96. The van der Waals surface area contributed by atoms with Crippen LogP contribution in [-0.2, 0) is 4.74 Å². The molecule has 2 unspecified atom stereocenters. The van der Waals surface area contributed by atoms with E-state index in [0.717, 1.165) is 60.9 Å². The minimum atomic E-state index is 0.126. The number of ether oxygens (including phenoxy) is 1. The molecule has 0 N–H and O–H groups in total. The zero-order valence-corrected chi connectivity index (χ0v) is 18.1. The van der Waals surface area contributed by atoms with Gasteiger partial charge >= 0.3 is 0 Å². The van der Waals surface area contributed by atoms with E-state index < -0.39 is 0 Å². The summed E-state index contributed by atoms with van der Waals surface area (Å²) in [5, 5.41) is 8.49. The summed E-state index contributed by atoms with van der Waals surface area (Å²) >= 11 is 1.74. The Morgan fingerprint density at radius 1 is 1.28 bits per heavy atom. The van der Waals surface area contributed by atoms with E-state index in [-0.39, 0.29) is 11.8 Å². The van der Waals surface area contributed by atoms with Gasteiger partial charge in [0.05, 0.1) is 11.7 Å². The molecule has 0 saturated carbocycles. The number of carbonyl (C=O) groups is 1. The number of likely N-dealkylation sites (tertiary alicyclic amines) is 1. The number of benzene rings is 1. The van der Waals surface area contributed by atoms with Gasteiger partial charge in [-0.05, 0) is 51.7 Å². The number of nitrogens with zero attached hydrogens (tertiary/aromatic N) is 4. The molecular formula is C22H30N4O2S. The molecule has 2 aromatic rings. The van der Waals surface area contributed by atoms with Crippen molar-refractivity contribution in [1.82, 2.24) is 19.7 Å². The van der Waals surface area contributed by atoms with Gasteiger partial charge in [0.1, 0.15) is 12.2 Å². The first-order valence-corrected chi connectivity index (χ1v) is 11.6. The number of hydrogen-bond acceptors (Lipinski definition) is 5. The topological polar surface area (TPSA) is 60.2 Å². The molecule has 0 bridgehead atoms. The average molecular weight is 415 g/mol. The van der Waals surface area contributed by atoms with Crippen molar-refractivity contribution in [3.05, 3.63) is 42.0 Å². The number of hydrogen-bond donors (Lipinski definition) is 0. The van der Waals surface area contributed by atoms with Gasteiger partial charge in [-0.25, -0.2) is 0 Å². The van der Waals surface area contributed by atoms with E-state index in [1.807, 2.05) is 23.1 Å². The largest absolute Gasteiger partial charge is 0.377 e. The molecule has 156 valence electrons. The summed E-state index contributed by atoms with van der Waals surface area (Å²) in [7, 11) is 0. The summed E-state index contributed by atoms with van der Waals surface area (Å²) in [6.07, 6.45) is 6.41. The Bertz CT molecular complexity index is 832. The predicted molar refractivity (Wildman–Crippen MR) is 114 cm³/mol. The third-order valence-corrected chi connectivity index (χ3v) is 7.00. The van der Waals surface area contributed by atoms with E-state index in [1.165, 1.54) is 0 Å². The van der Waals surface area contributed by atoms with Gasteiger partial charge in [0.2, 0.25) is 0 Å². The van der Waals surface area contributed by atoms with Gasteiger partial charge in [0.25, 0.3) is 5.91 Å². The molecule has 4 rings (SSSR count). The maximum atomic E-state index is 13.4. The molecule has 0 radical (unpaired) electrons. The fraction of sp³-hybridized carbons (Fsp3) is 0.591. The number of amides is 1. The van der Waals surface area contributed by atoms with Gasteiger partial charge in [-0.2, -0.15) is 0 Å². The van der Waals surface area contributed by atoms with Crippen molar-refractivity contribution in [2.75, 3.05) is 25.4 Å². The van der Waals surface area contributed by atoms with Crippen molar-refractivity contribution in [3.63, 3.8) is 0 Å². The molecule has 1 aromatic heterocycles. The second kappa shape index (κ2) is 9.30. The van der Waals surface area contributed by atoms with E-state index in [0.29, 0.717) is 18.7 Å². The van der Waals surface area contributed by atoms with Crippen LogP contribution in [0.5, 0.6) is 0 Å². The lowest BCUT2D eigenvalue weighted by molar-refractivity contribution is 0.0699. The van der Waals surface area contributed by atoms with Crippen molar-refractivity contribution in [2.45, 2.75) is 62.5 Å². The number of aromatic nitrogens is 3. The predicted octanol–water partition coefficient (Wildman–Crippen LogP) is 4.15. The van der Waals surface area contributed by atoms with Gasteiger partial charge in [-0.1, -0.05) is 12.1 Å². The van der Waals surface area contributed by atoms with Crippen LogP contribution in [0.1, 0.15) is 67.7 Å². The Hall–Kier alpha value is -1.86. The highest BCUT2D eigenvalue weighted by Gasteiger charge is 2.30. The fourth-order valence-electron chi connectivity index (χ4n) is 4.21. The summed E-state index contributed by atoms with van der Waals surface area (Å²) in [6.45, 7) is 6.65. The second-order valence-corrected chi connectivity index (χ2v) is 9.28. The average Bonchev–Trinajstić information content (AvgIpc) is 3.44. The van der Waals surface area contributed by atoms with Crippen molar-refractivity contribution < 1.29 is 9.53 Å². The molecule has 2 atom stereocenters. The minimum absolute atomic E-state index is 0.126. The molecule has 1 aromatic carbocycles. The monoisotopic (exact) mass is 414 g/mol. The van der Waals surface area contributed by atoms with Crippen LogP contribution >= 0.6 is 11.8 Å². The maximum absolute atomic E-state index is 13.4. The van der Waals surface area contributed by atoms with Crippen LogP contribution in [0, 0.1) is 0 Å². The Balaban J connectivity index is 1.47. The van der Waals surface area contributed by atoms with Gasteiger partial charge in [0, 0.05) is 42.3 Å². The van der Waals surface area contributed by atoms with Crippen LogP contribution in [-0.4, -0.2) is 57.1 Å². The molecule has 3 heterocycles. The van der Waals surface area contributed by atoms with Gasteiger partial charge < -0.3 is 14.2 Å². The zero-order chi connectivity index (χ0) is 20.2. The number of thioether (sulfide) groups is 1. The first kappa shape index (κ1) is 20.4. The molecule has 29 heavy (non-hydrogen) atoms. The van der Waals surface area contributed by atoms with Gasteiger partial charge in [-0.15, -0.1) is 22.0 Å². The second-order valence-electron chi connectivity index (χ2n) is 8.22. The molecule has 6 nitrogen and oxygen atoms in total. The number of rotatable bonds is 6. The van der Waals surface area contributed by atoms with Crippen LogP contribution in [0.15, 0.2) is 35.5 Å². The van der Waals surface area contributed by atoms with E-state index in [2.05, 4.69) is 34.7 Å². The molecule has 0 aliphatic carbocycles. The van der Waals surface area contributed by atoms with Crippen molar-refractivity contribution in [3.8, 4) is 0 Å². The quantitative estimate of drug-likeness (QED) is 0.665. The lowest BCUT2D eigenvalue weighted by Gasteiger charge is -2.33. The van der Waals surface area contributed by atoms with E-state index >= 15 is 0 Å². The maximum Gasteiger partial charge on any atom is 0.255 e. The third kappa shape index (κ3) is 4.67. The van der Waals surface area contributed by atoms with Crippen LogP contribution in [0.25, 0.3) is 0 Å². The summed E-state index contributed by atoms with van der Waals surface area (Å²) in [6, 6.07) is 8.31. The molecular weight excluding hydrogens is 384 g/mol. The van der Waals surface area contributed by atoms with E-state index in [1.54, 1.807) is 18.1 Å².